The molecule has 2 amide bonds. The molecule has 5 nitrogen and oxygen atoms in total. The van der Waals surface area contributed by atoms with Crippen molar-refractivity contribution in [1.29, 1.82) is 0 Å². The van der Waals surface area contributed by atoms with Gasteiger partial charge in [0.1, 0.15) is 5.75 Å². The van der Waals surface area contributed by atoms with Gasteiger partial charge in [-0.15, -0.1) is 0 Å². The molecule has 1 atom stereocenters. The highest BCUT2D eigenvalue weighted by Gasteiger charge is 2.22. The highest BCUT2D eigenvalue weighted by molar-refractivity contribution is 6.31. The van der Waals surface area contributed by atoms with E-state index in [4.69, 9.17) is 21.1 Å². The zero-order valence-corrected chi connectivity index (χ0v) is 13.5. The number of nitrogens with zero attached hydrogens (tertiary/aromatic N) is 1. The topological polar surface area (TPSA) is 50.8 Å². The van der Waals surface area contributed by atoms with Crippen molar-refractivity contribution in [2.75, 3.05) is 38.7 Å². The number of amides is 2. The summed E-state index contributed by atoms with van der Waals surface area (Å²) in [5.41, 5.74) is 1.70. The summed E-state index contributed by atoms with van der Waals surface area (Å²) in [4.78, 5) is 14.1. The summed E-state index contributed by atoms with van der Waals surface area (Å²) in [6.07, 6.45) is 3.00. The van der Waals surface area contributed by atoms with Crippen molar-refractivity contribution in [2.24, 2.45) is 5.92 Å². The maximum Gasteiger partial charge on any atom is 0.321 e. The van der Waals surface area contributed by atoms with E-state index in [2.05, 4.69) is 5.32 Å². The highest BCUT2D eigenvalue weighted by atomic mass is 35.5. The van der Waals surface area contributed by atoms with Gasteiger partial charge in [-0.25, -0.2) is 4.79 Å². The van der Waals surface area contributed by atoms with E-state index in [1.807, 2.05) is 6.07 Å². The second kappa shape index (κ2) is 6.75. The van der Waals surface area contributed by atoms with Crippen LogP contribution in [0.1, 0.15) is 18.4 Å². The monoisotopic (exact) mass is 324 g/mol. The van der Waals surface area contributed by atoms with Crippen molar-refractivity contribution >= 4 is 23.3 Å². The summed E-state index contributed by atoms with van der Waals surface area (Å²) in [6.45, 7) is 2.88. The molecular weight excluding hydrogens is 304 g/mol. The van der Waals surface area contributed by atoms with Gasteiger partial charge < -0.3 is 19.7 Å². The number of hydrogen-bond acceptors (Lipinski definition) is 3. The summed E-state index contributed by atoms with van der Waals surface area (Å²) >= 11 is 6.11. The molecule has 2 heterocycles. The Morgan fingerprint density at radius 1 is 1.45 bits per heavy atom. The molecule has 0 saturated carbocycles. The van der Waals surface area contributed by atoms with Crippen LogP contribution < -0.4 is 10.1 Å². The van der Waals surface area contributed by atoms with Crippen LogP contribution in [0.25, 0.3) is 0 Å². The van der Waals surface area contributed by atoms with Crippen molar-refractivity contribution < 1.29 is 14.3 Å². The van der Waals surface area contributed by atoms with Crippen molar-refractivity contribution in [3.8, 4) is 5.75 Å². The SMILES string of the molecule is CN(CC1CCCOC1)C(=O)Nc1cc(Cl)cc2c1OCC2. The van der Waals surface area contributed by atoms with E-state index in [0.29, 0.717) is 29.8 Å². The van der Waals surface area contributed by atoms with E-state index < -0.39 is 0 Å². The predicted molar refractivity (Wildman–Crippen MR) is 85.8 cm³/mol. The van der Waals surface area contributed by atoms with Crippen LogP contribution >= 0.6 is 11.6 Å². The third-order valence-electron chi connectivity index (χ3n) is 4.12. The van der Waals surface area contributed by atoms with E-state index in [1.165, 1.54) is 0 Å². The predicted octanol–water partition coefficient (Wildman–Crippen LogP) is 3.17. The molecule has 0 bridgehead atoms. The third-order valence-corrected chi connectivity index (χ3v) is 4.34. The first-order valence-electron chi connectivity index (χ1n) is 7.68. The number of nitrogens with one attached hydrogen (secondary N) is 1. The minimum Gasteiger partial charge on any atom is -0.491 e. The summed E-state index contributed by atoms with van der Waals surface area (Å²) in [5, 5.41) is 3.52. The van der Waals surface area contributed by atoms with Crippen LogP contribution in [0, 0.1) is 5.92 Å². The van der Waals surface area contributed by atoms with Gasteiger partial charge >= 0.3 is 6.03 Å². The molecule has 0 radical (unpaired) electrons. The van der Waals surface area contributed by atoms with E-state index in [-0.39, 0.29) is 6.03 Å². The number of urea groups is 1. The molecule has 1 unspecified atom stereocenters. The van der Waals surface area contributed by atoms with Crippen LogP contribution in [-0.2, 0) is 11.2 Å². The van der Waals surface area contributed by atoms with Crippen molar-refractivity contribution in [1.82, 2.24) is 4.90 Å². The van der Waals surface area contributed by atoms with E-state index >= 15 is 0 Å². The molecule has 6 heteroatoms. The van der Waals surface area contributed by atoms with Gasteiger partial charge in [-0.05, 0) is 25.0 Å². The van der Waals surface area contributed by atoms with Crippen LogP contribution in [-0.4, -0.2) is 44.3 Å². The Labute approximate surface area is 135 Å². The maximum atomic E-state index is 12.4. The Morgan fingerprint density at radius 3 is 3.09 bits per heavy atom. The Hall–Kier alpha value is -1.46. The Bertz CT molecular complexity index is 559. The van der Waals surface area contributed by atoms with Crippen LogP contribution in [0.4, 0.5) is 10.5 Å². The first-order valence-corrected chi connectivity index (χ1v) is 8.06. The minimum absolute atomic E-state index is 0.148. The van der Waals surface area contributed by atoms with Crippen LogP contribution in [0.15, 0.2) is 12.1 Å². The largest absolute Gasteiger partial charge is 0.491 e. The minimum atomic E-state index is -0.148. The molecule has 1 aromatic rings. The van der Waals surface area contributed by atoms with Gasteiger partial charge in [-0.1, -0.05) is 11.6 Å². The quantitative estimate of drug-likeness (QED) is 0.929. The summed E-state index contributed by atoms with van der Waals surface area (Å²) in [6, 6.07) is 3.48. The van der Waals surface area contributed by atoms with Gasteiger partial charge in [-0.2, -0.15) is 0 Å². The number of fused-ring (bicyclic) bond motifs is 1. The standard InChI is InChI=1S/C16H21ClN2O3/c1-19(9-11-3-2-5-21-10-11)16(20)18-14-8-13(17)7-12-4-6-22-15(12)14/h7-8,11H,2-6,9-10H2,1H3,(H,18,20). The lowest BCUT2D eigenvalue weighted by atomic mass is 10.0. The van der Waals surface area contributed by atoms with Gasteiger partial charge in [0, 0.05) is 43.1 Å². The lowest BCUT2D eigenvalue weighted by Gasteiger charge is -2.27. The Balaban J connectivity index is 1.64. The number of anilines is 1. The van der Waals surface area contributed by atoms with Crippen LogP contribution in [0.3, 0.4) is 0 Å². The number of ether oxygens (including phenoxy) is 2. The van der Waals surface area contributed by atoms with Gasteiger partial charge in [0.15, 0.2) is 0 Å². The fourth-order valence-corrected chi connectivity index (χ4v) is 3.24. The third kappa shape index (κ3) is 3.47. The van der Waals surface area contributed by atoms with E-state index in [0.717, 1.165) is 43.8 Å². The summed E-state index contributed by atoms with van der Waals surface area (Å²) < 4.78 is 11.1. The Morgan fingerprint density at radius 2 is 2.32 bits per heavy atom. The fourth-order valence-electron chi connectivity index (χ4n) is 2.99. The molecule has 2 aliphatic rings. The molecule has 1 fully saturated rings. The van der Waals surface area contributed by atoms with Gasteiger partial charge in [0.25, 0.3) is 0 Å². The van der Waals surface area contributed by atoms with Crippen LogP contribution in [0.5, 0.6) is 5.75 Å². The first kappa shape index (κ1) is 15.4. The molecule has 1 aromatic carbocycles. The number of hydrogen-bond donors (Lipinski definition) is 1. The average Bonchev–Trinajstić information content (AvgIpc) is 2.96. The molecule has 0 spiro atoms. The molecule has 1 N–H and O–H groups in total. The molecule has 0 aliphatic carbocycles. The number of carbonyl (C=O) groups is 1. The highest BCUT2D eigenvalue weighted by Crippen LogP contribution is 2.36. The number of rotatable bonds is 3. The lowest BCUT2D eigenvalue weighted by molar-refractivity contribution is 0.0464. The second-order valence-electron chi connectivity index (χ2n) is 5.93. The van der Waals surface area contributed by atoms with Gasteiger partial charge in [0.05, 0.1) is 18.9 Å². The van der Waals surface area contributed by atoms with E-state index in [9.17, 15) is 4.79 Å². The van der Waals surface area contributed by atoms with Crippen molar-refractivity contribution in [3.63, 3.8) is 0 Å². The Kier molecular flexibility index (Phi) is 4.74. The van der Waals surface area contributed by atoms with Gasteiger partial charge in [0.2, 0.25) is 0 Å². The molecule has 22 heavy (non-hydrogen) atoms. The number of carbonyl (C=O) groups excluding carboxylic acids is 1. The first-order chi connectivity index (χ1) is 10.6. The zero-order valence-electron chi connectivity index (χ0n) is 12.7. The molecule has 0 aromatic heterocycles. The molecule has 120 valence electrons. The maximum absolute atomic E-state index is 12.4. The fraction of sp³-hybridized carbons (Fsp3) is 0.562. The van der Waals surface area contributed by atoms with E-state index in [1.54, 1.807) is 18.0 Å². The number of halogens is 1. The zero-order chi connectivity index (χ0) is 15.5. The van der Waals surface area contributed by atoms with Crippen molar-refractivity contribution in [2.45, 2.75) is 19.3 Å². The van der Waals surface area contributed by atoms with Gasteiger partial charge in [-0.3, -0.25) is 0 Å². The molecular formula is C16H21ClN2O3. The molecule has 2 aliphatic heterocycles. The smallest absolute Gasteiger partial charge is 0.321 e. The summed E-state index contributed by atoms with van der Waals surface area (Å²) in [5.74, 6) is 1.15. The molecule has 3 rings (SSSR count). The average molecular weight is 325 g/mol. The molecule has 1 saturated heterocycles. The van der Waals surface area contributed by atoms with Crippen molar-refractivity contribution in [3.05, 3.63) is 22.7 Å². The number of benzene rings is 1. The second-order valence-corrected chi connectivity index (χ2v) is 6.37. The van der Waals surface area contributed by atoms with Crippen LogP contribution in [0.2, 0.25) is 5.02 Å². The summed E-state index contributed by atoms with van der Waals surface area (Å²) in [7, 11) is 1.80. The lowest BCUT2D eigenvalue weighted by Crippen LogP contribution is -2.37. The normalized spacial score (nSPS) is 20.2.